The van der Waals surface area contributed by atoms with Crippen molar-refractivity contribution in [3.05, 3.63) is 0 Å². The van der Waals surface area contributed by atoms with Crippen molar-refractivity contribution in [2.75, 3.05) is 6.61 Å². The second-order valence-corrected chi connectivity index (χ2v) is 4.80. The normalized spacial score (nSPS) is 22.1. The number of carbonyl (C=O) groups excluding carboxylic acids is 1. The molecule has 1 unspecified atom stereocenters. The molecule has 0 heterocycles. The second kappa shape index (κ2) is 5.50. The molecule has 0 aliphatic heterocycles. The number of hydrogen-bond donors (Lipinski definition) is 2. The highest BCUT2D eigenvalue weighted by Crippen LogP contribution is 2.28. The number of aliphatic hydroxyl groups excluding tert-OH is 1. The highest BCUT2D eigenvalue weighted by Gasteiger charge is 2.33. The summed E-state index contributed by atoms with van der Waals surface area (Å²) in [6.07, 6.45) is 6.15. The van der Waals surface area contributed by atoms with E-state index in [0.29, 0.717) is 0 Å². The summed E-state index contributed by atoms with van der Waals surface area (Å²) in [6.45, 7) is 4.02. The third kappa shape index (κ3) is 3.20. The molecule has 2 N–H and O–H groups in total. The quantitative estimate of drug-likeness (QED) is 0.748. The molecule has 1 saturated carbocycles. The second-order valence-electron chi connectivity index (χ2n) is 4.80. The van der Waals surface area contributed by atoms with E-state index >= 15 is 0 Å². The third-order valence-corrected chi connectivity index (χ3v) is 3.56. The third-order valence-electron chi connectivity index (χ3n) is 3.56. The average molecular weight is 213 g/mol. The average Bonchev–Trinajstić information content (AvgIpc) is 2.29. The first-order chi connectivity index (χ1) is 7.13. The maximum atomic E-state index is 11.8. The van der Waals surface area contributed by atoms with Gasteiger partial charge >= 0.3 is 0 Å². The van der Waals surface area contributed by atoms with E-state index in [1.54, 1.807) is 0 Å². The van der Waals surface area contributed by atoms with Crippen LogP contribution in [-0.2, 0) is 4.79 Å². The van der Waals surface area contributed by atoms with Crippen LogP contribution in [0.4, 0.5) is 0 Å². The predicted molar refractivity (Wildman–Crippen MR) is 60.5 cm³/mol. The molecule has 0 radical (unpaired) electrons. The fraction of sp³-hybridized carbons (Fsp3) is 0.917. The van der Waals surface area contributed by atoms with Gasteiger partial charge in [0.2, 0.25) is 5.91 Å². The van der Waals surface area contributed by atoms with E-state index in [1.807, 2.05) is 13.8 Å². The Labute approximate surface area is 92.3 Å². The molecule has 1 aliphatic carbocycles. The molecule has 1 rings (SSSR count). The summed E-state index contributed by atoms with van der Waals surface area (Å²) in [7, 11) is 0. The SMILES string of the molecule is CCC(C)C(=O)NC1(CO)CCCCC1. The van der Waals surface area contributed by atoms with Crippen LogP contribution in [0.1, 0.15) is 52.4 Å². The Morgan fingerprint density at radius 1 is 1.40 bits per heavy atom. The summed E-state index contributed by atoms with van der Waals surface area (Å²) in [5.41, 5.74) is -0.321. The van der Waals surface area contributed by atoms with Crippen molar-refractivity contribution in [3.63, 3.8) is 0 Å². The van der Waals surface area contributed by atoms with Gasteiger partial charge in [0.1, 0.15) is 0 Å². The van der Waals surface area contributed by atoms with E-state index in [0.717, 1.165) is 32.1 Å². The van der Waals surface area contributed by atoms with E-state index in [2.05, 4.69) is 5.32 Å². The topological polar surface area (TPSA) is 49.3 Å². The first-order valence-electron chi connectivity index (χ1n) is 6.06. The van der Waals surface area contributed by atoms with Crippen LogP contribution in [0.3, 0.4) is 0 Å². The van der Waals surface area contributed by atoms with E-state index in [1.165, 1.54) is 6.42 Å². The van der Waals surface area contributed by atoms with E-state index in [4.69, 9.17) is 0 Å². The molecule has 3 heteroatoms. The molecule has 1 atom stereocenters. The van der Waals surface area contributed by atoms with Crippen molar-refractivity contribution >= 4 is 5.91 Å². The Morgan fingerprint density at radius 3 is 2.47 bits per heavy atom. The van der Waals surface area contributed by atoms with Crippen molar-refractivity contribution in [2.24, 2.45) is 5.92 Å². The molecule has 1 aliphatic rings. The molecular formula is C12H23NO2. The number of rotatable bonds is 4. The Bertz CT molecular complexity index is 210. The highest BCUT2D eigenvalue weighted by molar-refractivity contribution is 5.79. The summed E-state index contributed by atoms with van der Waals surface area (Å²) in [6, 6.07) is 0. The molecule has 0 saturated heterocycles. The van der Waals surface area contributed by atoms with Crippen LogP contribution >= 0.6 is 0 Å². The molecule has 0 aromatic carbocycles. The molecule has 0 aromatic heterocycles. The fourth-order valence-electron chi connectivity index (χ4n) is 2.12. The first kappa shape index (κ1) is 12.5. The number of hydrogen-bond acceptors (Lipinski definition) is 2. The smallest absolute Gasteiger partial charge is 0.223 e. The molecule has 88 valence electrons. The summed E-state index contributed by atoms with van der Waals surface area (Å²) >= 11 is 0. The van der Waals surface area contributed by atoms with Crippen molar-refractivity contribution in [1.82, 2.24) is 5.32 Å². The van der Waals surface area contributed by atoms with Gasteiger partial charge in [-0.2, -0.15) is 0 Å². The van der Waals surface area contributed by atoms with Gasteiger partial charge in [-0.15, -0.1) is 0 Å². The van der Waals surface area contributed by atoms with E-state index in [-0.39, 0.29) is 24.0 Å². The number of amides is 1. The predicted octanol–water partition coefficient (Wildman–Crippen LogP) is 1.84. The van der Waals surface area contributed by atoms with Gasteiger partial charge in [-0.25, -0.2) is 0 Å². The summed E-state index contributed by atoms with van der Waals surface area (Å²) in [5, 5.41) is 12.5. The fourth-order valence-corrected chi connectivity index (χ4v) is 2.12. The number of aliphatic hydroxyl groups is 1. The lowest BCUT2D eigenvalue weighted by Crippen LogP contribution is -2.53. The van der Waals surface area contributed by atoms with Gasteiger partial charge in [0, 0.05) is 5.92 Å². The molecule has 0 aromatic rings. The standard InChI is InChI=1S/C12H23NO2/c1-3-10(2)11(15)13-12(9-14)7-5-4-6-8-12/h10,14H,3-9H2,1-2H3,(H,13,15). The van der Waals surface area contributed by atoms with Gasteiger partial charge < -0.3 is 10.4 Å². The minimum atomic E-state index is -0.321. The minimum Gasteiger partial charge on any atom is -0.394 e. The van der Waals surface area contributed by atoms with Crippen molar-refractivity contribution in [3.8, 4) is 0 Å². The molecule has 15 heavy (non-hydrogen) atoms. The first-order valence-corrected chi connectivity index (χ1v) is 6.06. The Kier molecular flexibility index (Phi) is 4.58. The van der Waals surface area contributed by atoms with E-state index < -0.39 is 0 Å². The molecule has 1 amide bonds. The van der Waals surface area contributed by atoms with Gasteiger partial charge in [0.05, 0.1) is 12.1 Å². The Morgan fingerprint density at radius 2 is 2.00 bits per heavy atom. The van der Waals surface area contributed by atoms with Crippen LogP contribution in [0.15, 0.2) is 0 Å². The van der Waals surface area contributed by atoms with Gasteiger partial charge in [-0.3, -0.25) is 4.79 Å². The maximum absolute atomic E-state index is 11.8. The van der Waals surface area contributed by atoms with Crippen molar-refractivity contribution in [1.29, 1.82) is 0 Å². The molecule has 3 nitrogen and oxygen atoms in total. The van der Waals surface area contributed by atoms with Crippen molar-refractivity contribution < 1.29 is 9.90 Å². The maximum Gasteiger partial charge on any atom is 0.223 e. The van der Waals surface area contributed by atoms with Crippen LogP contribution in [0.25, 0.3) is 0 Å². The van der Waals surface area contributed by atoms with Crippen LogP contribution in [0, 0.1) is 5.92 Å². The zero-order chi connectivity index (χ0) is 11.3. The van der Waals surface area contributed by atoms with Crippen LogP contribution < -0.4 is 5.32 Å². The number of nitrogens with one attached hydrogen (secondary N) is 1. The van der Waals surface area contributed by atoms with Crippen molar-refractivity contribution in [2.45, 2.75) is 57.9 Å². The van der Waals surface area contributed by atoms with Gasteiger partial charge in [-0.05, 0) is 19.3 Å². The zero-order valence-corrected chi connectivity index (χ0v) is 9.88. The van der Waals surface area contributed by atoms with Crippen LogP contribution in [0.2, 0.25) is 0 Å². The lowest BCUT2D eigenvalue weighted by molar-refractivity contribution is -0.127. The molecular weight excluding hydrogens is 190 g/mol. The van der Waals surface area contributed by atoms with E-state index in [9.17, 15) is 9.90 Å². The number of carbonyl (C=O) groups is 1. The Balaban J connectivity index is 2.55. The summed E-state index contributed by atoms with van der Waals surface area (Å²) in [4.78, 5) is 11.8. The lowest BCUT2D eigenvalue weighted by Gasteiger charge is -2.37. The monoisotopic (exact) mass is 213 g/mol. The minimum absolute atomic E-state index is 0.0513. The van der Waals surface area contributed by atoms with Gasteiger partial charge in [-0.1, -0.05) is 33.1 Å². The highest BCUT2D eigenvalue weighted by atomic mass is 16.3. The molecule has 0 spiro atoms. The van der Waals surface area contributed by atoms with Gasteiger partial charge in [0.15, 0.2) is 0 Å². The lowest BCUT2D eigenvalue weighted by atomic mass is 9.82. The largest absolute Gasteiger partial charge is 0.394 e. The molecule has 1 fully saturated rings. The Hall–Kier alpha value is -0.570. The van der Waals surface area contributed by atoms with Gasteiger partial charge in [0.25, 0.3) is 0 Å². The summed E-state index contributed by atoms with van der Waals surface area (Å²) in [5.74, 6) is 0.142. The molecule has 0 bridgehead atoms. The van der Waals surface area contributed by atoms with Crippen LogP contribution in [-0.4, -0.2) is 23.2 Å². The summed E-state index contributed by atoms with van der Waals surface area (Å²) < 4.78 is 0. The van der Waals surface area contributed by atoms with Crippen LogP contribution in [0.5, 0.6) is 0 Å². The zero-order valence-electron chi connectivity index (χ0n) is 9.88.